The molecule has 1 aliphatic rings. The third kappa shape index (κ3) is 3.67. The molecule has 2 aromatic carbocycles. The van der Waals surface area contributed by atoms with E-state index < -0.39 is 17.8 Å². The molecule has 1 heterocycles. The highest BCUT2D eigenvalue weighted by molar-refractivity contribution is 6.40. The van der Waals surface area contributed by atoms with E-state index >= 15 is 0 Å². The van der Waals surface area contributed by atoms with Crippen LogP contribution in [0.15, 0.2) is 42.0 Å². The molecule has 1 saturated heterocycles. The number of aryl methyl sites for hydroxylation is 1. The largest absolute Gasteiger partial charge is 0.505 e. The Hall–Kier alpha value is -2.83. The lowest BCUT2D eigenvalue weighted by molar-refractivity contribution is -0.122. The molecule has 0 aliphatic carbocycles. The number of nitrogens with one attached hydrogen (secondary N) is 1. The van der Waals surface area contributed by atoms with Gasteiger partial charge in [0.15, 0.2) is 5.75 Å². The first-order valence-electron chi connectivity index (χ1n) is 8.00. The summed E-state index contributed by atoms with van der Waals surface area (Å²) in [5, 5.41) is 11.7. The number of hydrogen-bond acceptors (Lipinski definition) is 4. The van der Waals surface area contributed by atoms with Crippen molar-refractivity contribution in [2.45, 2.75) is 13.3 Å². The predicted molar refractivity (Wildman–Crippen MR) is 103 cm³/mol. The molecule has 2 N–H and O–H groups in total. The maximum atomic E-state index is 12.8. The number of carbonyl (C=O) groups excluding carboxylic acids is 3. The average molecular weight is 405 g/mol. The number of rotatable bonds is 3. The van der Waals surface area contributed by atoms with Crippen molar-refractivity contribution < 1.29 is 19.5 Å². The summed E-state index contributed by atoms with van der Waals surface area (Å²) < 4.78 is 0. The Morgan fingerprint density at radius 2 is 1.67 bits per heavy atom. The number of phenolic OH excluding ortho intramolecular Hbond substituents is 1. The third-order valence-corrected chi connectivity index (χ3v) is 4.63. The van der Waals surface area contributed by atoms with E-state index in [9.17, 15) is 19.5 Å². The average Bonchev–Trinajstić information content (AvgIpc) is 2.63. The van der Waals surface area contributed by atoms with E-state index in [0.717, 1.165) is 16.9 Å². The number of aromatic hydroxyl groups is 1. The van der Waals surface area contributed by atoms with E-state index in [1.807, 2.05) is 6.92 Å². The topological polar surface area (TPSA) is 86.7 Å². The first kappa shape index (κ1) is 18.9. The number of halogens is 2. The van der Waals surface area contributed by atoms with Crippen molar-refractivity contribution in [1.82, 2.24) is 5.32 Å². The van der Waals surface area contributed by atoms with Crippen LogP contribution in [-0.2, 0) is 16.0 Å². The van der Waals surface area contributed by atoms with Crippen molar-refractivity contribution in [3.63, 3.8) is 0 Å². The molecular weight excluding hydrogens is 391 g/mol. The zero-order valence-electron chi connectivity index (χ0n) is 14.1. The van der Waals surface area contributed by atoms with E-state index in [2.05, 4.69) is 5.32 Å². The monoisotopic (exact) mass is 404 g/mol. The lowest BCUT2D eigenvalue weighted by Crippen LogP contribution is -2.54. The van der Waals surface area contributed by atoms with Crippen LogP contribution in [0.25, 0.3) is 6.08 Å². The lowest BCUT2D eigenvalue weighted by Gasteiger charge is -2.26. The van der Waals surface area contributed by atoms with Crippen molar-refractivity contribution in [3.05, 3.63) is 63.1 Å². The van der Waals surface area contributed by atoms with Gasteiger partial charge in [-0.1, -0.05) is 42.3 Å². The fraction of sp³-hybridized carbons (Fsp3) is 0.105. The fourth-order valence-electron chi connectivity index (χ4n) is 2.61. The van der Waals surface area contributed by atoms with Gasteiger partial charge in [0, 0.05) is 0 Å². The molecule has 138 valence electrons. The summed E-state index contributed by atoms with van der Waals surface area (Å²) in [7, 11) is 0. The molecule has 8 heteroatoms. The maximum Gasteiger partial charge on any atom is 0.335 e. The Morgan fingerprint density at radius 1 is 1.07 bits per heavy atom. The Bertz CT molecular complexity index is 961. The zero-order valence-corrected chi connectivity index (χ0v) is 15.6. The number of imide groups is 2. The predicted octanol–water partition coefficient (Wildman–Crippen LogP) is 3.93. The van der Waals surface area contributed by atoms with Crippen LogP contribution in [0.1, 0.15) is 18.1 Å². The van der Waals surface area contributed by atoms with Crippen LogP contribution in [-0.4, -0.2) is 23.0 Å². The molecule has 0 unspecified atom stereocenters. The van der Waals surface area contributed by atoms with Crippen molar-refractivity contribution in [1.29, 1.82) is 0 Å². The minimum atomic E-state index is -0.827. The lowest BCUT2D eigenvalue weighted by atomic mass is 10.1. The molecular formula is C19H14Cl2N2O4. The quantitative estimate of drug-likeness (QED) is 0.599. The Balaban J connectivity index is 2.01. The molecule has 1 fully saturated rings. The van der Waals surface area contributed by atoms with Gasteiger partial charge in [-0.2, -0.15) is 0 Å². The summed E-state index contributed by atoms with van der Waals surface area (Å²) in [4.78, 5) is 38.1. The molecule has 4 amide bonds. The van der Waals surface area contributed by atoms with Gasteiger partial charge in [0.25, 0.3) is 11.8 Å². The van der Waals surface area contributed by atoms with Crippen LogP contribution < -0.4 is 10.2 Å². The van der Waals surface area contributed by atoms with Gasteiger partial charge in [0.05, 0.1) is 15.7 Å². The number of urea groups is 1. The normalized spacial score (nSPS) is 16.0. The van der Waals surface area contributed by atoms with E-state index in [0.29, 0.717) is 11.3 Å². The Morgan fingerprint density at radius 3 is 2.22 bits per heavy atom. The fourth-order valence-corrected chi connectivity index (χ4v) is 3.11. The minimum absolute atomic E-state index is 0.0268. The van der Waals surface area contributed by atoms with E-state index in [1.54, 1.807) is 24.3 Å². The summed E-state index contributed by atoms with van der Waals surface area (Å²) in [5.41, 5.74) is 1.46. The van der Waals surface area contributed by atoms with E-state index in [4.69, 9.17) is 23.2 Å². The highest BCUT2D eigenvalue weighted by Gasteiger charge is 2.36. The first-order chi connectivity index (χ1) is 12.8. The van der Waals surface area contributed by atoms with Gasteiger partial charge < -0.3 is 5.11 Å². The molecule has 2 aromatic rings. The number of carbonyl (C=O) groups is 3. The molecule has 0 radical (unpaired) electrons. The van der Waals surface area contributed by atoms with Crippen LogP contribution in [0.2, 0.25) is 10.0 Å². The molecule has 3 rings (SSSR count). The summed E-state index contributed by atoms with van der Waals surface area (Å²) in [6.45, 7) is 1.99. The van der Waals surface area contributed by atoms with Gasteiger partial charge in [-0.05, 0) is 47.9 Å². The molecule has 0 bridgehead atoms. The van der Waals surface area contributed by atoms with Crippen molar-refractivity contribution in [2.24, 2.45) is 0 Å². The second-order valence-electron chi connectivity index (χ2n) is 5.81. The number of benzene rings is 2. The number of amides is 4. The second-order valence-corrected chi connectivity index (χ2v) is 6.63. The van der Waals surface area contributed by atoms with Crippen LogP contribution in [0, 0.1) is 0 Å². The number of nitrogens with zero attached hydrogens (tertiary/aromatic N) is 1. The molecule has 0 saturated carbocycles. The number of phenols is 1. The van der Waals surface area contributed by atoms with Crippen LogP contribution in [0.3, 0.4) is 0 Å². The molecule has 27 heavy (non-hydrogen) atoms. The summed E-state index contributed by atoms with van der Waals surface area (Å²) in [5.74, 6) is -1.90. The van der Waals surface area contributed by atoms with E-state index in [1.165, 1.54) is 18.2 Å². The van der Waals surface area contributed by atoms with Crippen molar-refractivity contribution in [3.8, 4) is 5.75 Å². The molecule has 6 nitrogen and oxygen atoms in total. The summed E-state index contributed by atoms with van der Waals surface area (Å²) in [6.07, 6.45) is 2.07. The standard InChI is InChI=1S/C19H14Cl2N2O4/c1-2-10-3-5-12(6-4-10)23-18(26)13(17(25)22-19(23)27)7-11-8-14(20)16(24)15(21)9-11/h3-9,24H,2H2,1H3,(H,22,25,27). The van der Waals surface area contributed by atoms with Gasteiger partial charge in [-0.3, -0.25) is 14.9 Å². The minimum Gasteiger partial charge on any atom is -0.505 e. The zero-order chi connectivity index (χ0) is 19.7. The van der Waals surface area contributed by atoms with Crippen LogP contribution in [0.4, 0.5) is 10.5 Å². The molecule has 0 aromatic heterocycles. The maximum absolute atomic E-state index is 12.8. The first-order valence-corrected chi connectivity index (χ1v) is 8.75. The highest BCUT2D eigenvalue weighted by atomic mass is 35.5. The number of anilines is 1. The van der Waals surface area contributed by atoms with Crippen LogP contribution >= 0.6 is 23.2 Å². The van der Waals surface area contributed by atoms with Gasteiger partial charge in [-0.25, -0.2) is 9.69 Å². The number of hydrogen-bond donors (Lipinski definition) is 2. The Labute approximate surface area is 165 Å². The van der Waals surface area contributed by atoms with Crippen molar-refractivity contribution >= 4 is 52.8 Å². The second kappa shape index (κ2) is 7.42. The molecule has 0 spiro atoms. The smallest absolute Gasteiger partial charge is 0.335 e. The number of barbiturate groups is 1. The third-order valence-electron chi connectivity index (χ3n) is 4.05. The van der Waals surface area contributed by atoms with Gasteiger partial charge >= 0.3 is 6.03 Å². The summed E-state index contributed by atoms with van der Waals surface area (Å²) in [6, 6.07) is 8.76. The van der Waals surface area contributed by atoms with Crippen molar-refractivity contribution in [2.75, 3.05) is 4.90 Å². The van der Waals surface area contributed by atoms with Gasteiger partial charge in [-0.15, -0.1) is 0 Å². The SMILES string of the molecule is CCc1ccc(N2C(=O)NC(=O)C(=Cc3cc(Cl)c(O)c(Cl)c3)C2=O)cc1. The van der Waals surface area contributed by atoms with Crippen LogP contribution in [0.5, 0.6) is 5.75 Å². The van der Waals surface area contributed by atoms with Gasteiger partial charge in [0.1, 0.15) is 5.57 Å². The van der Waals surface area contributed by atoms with E-state index in [-0.39, 0.29) is 21.4 Å². The highest BCUT2D eigenvalue weighted by Crippen LogP contribution is 2.33. The Kier molecular flexibility index (Phi) is 5.21. The van der Waals surface area contributed by atoms with Gasteiger partial charge in [0.2, 0.25) is 0 Å². The summed E-state index contributed by atoms with van der Waals surface area (Å²) >= 11 is 11.7. The molecule has 0 atom stereocenters. The molecule has 1 aliphatic heterocycles.